The molecule has 4 nitrogen and oxygen atoms in total. The number of piperidine rings is 1. The summed E-state index contributed by atoms with van der Waals surface area (Å²) in [6.45, 7) is 9.81. The van der Waals surface area contributed by atoms with E-state index in [1.165, 1.54) is 0 Å². The van der Waals surface area contributed by atoms with E-state index in [0.29, 0.717) is 23.9 Å². The number of aryl methyl sites for hydroxylation is 1. The van der Waals surface area contributed by atoms with E-state index in [0.717, 1.165) is 37.0 Å². The Kier molecular flexibility index (Phi) is 4.38. The van der Waals surface area contributed by atoms with Crippen LogP contribution in [0.3, 0.4) is 0 Å². The molecule has 126 valence electrons. The first-order valence-corrected chi connectivity index (χ1v) is 9.63. The Morgan fingerprint density at radius 1 is 1.26 bits per heavy atom. The minimum Gasteiger partial charge on any atom is -0.374 e. The molecule has 0 bridgehead atoms. The fourth-order valence-corrected chi connectivity index (χ4v) is 4.94. The standard InChI is InChI=1S/C18H25NO3S/c1-14(2)16-12-18(22-13-16)8-10-19(11-9-18)23(20,21)17-6-4-15(3)5-7-17/h4-7,16H,1,8-13H2,2-3H3. The minimum atomic E-state index is -3.39. The summed E-state index contributed by atoms with van der Waals surface area (Å²) in [4.78, 5) is 0.381. The van der Waals surface area contributed by atoms with Crippen molar-refractivity contribution in [1.29, 1.82) is 0 Å². The summed E-state index contributed by atoms with van der Waals surface area (Å²) in [5.74, 6) is 0.412. The van der Waals surface area contributed by atoms with Gasteiger partial charge in [-0.3, -0.25) is 0 Å². The van der Waals surface area contributed by atoms with E-state index in [1.54, 1.807) is 16.4 Å². The van der Waals surface area contributed by atoms with Gasteiger partial charge in [0.25, 0.3) is 0 Å². The normalized spacial score (nSPS) is 24.9. The monoisotopic (exact) mass is 335 g/mol. The highest BCUT2D eigenvalue weighted by Crippen LogP contribution is 2.41. The number of sulfonamides is 1. The molecule has 0 radical (unpaired) electrons. The van der Waals surface area contributed by atoms with Gasteiger partial charge in [-0.15, -0.1) is 0 Å². The largest absolute Gasteiger partial charge is 0.374 e. The molecule has 0 aliphatic carbocycles. The average molecular weight is 335 g/mol. The molecular weight excluding hydrogens is 310 g/mol. The molecule has 0 aromatic heterocycles. The topological polar surface area (TPSA) is 46.6 Å². The zero-order valence-corrected chi connectivity index (χ0v) is 14.7. The maximum atomic E-state index is 12.7. The molecule has 2 heterocycles. The van der Waals surface area contributed by atoms with Gasteiger partial charge in [-0.05, 0) is 45.2 Å². The van der Waals surface area contributed by atoms with Crippen LogP contribution >= 0.6 is 0 Å². The van der Waals surface area contributed by atoms with Crippen LogP contribution in [0.5, 0.6) is 0 Å². The third-order valence-corrected chi connectivity index (χ3v) is 7.11. The van der Waals surface area contributed by atoms with Crippen molar-refractivity contribution >= 4 is 10.0 Å². The van der Waals surface area contributed by atoms with Crippen molar-refractivity contribution < 1.29 is 13.2 Å². The van der Waals surface area contributed by atoms with Gasteiger partial charge in [0.15, 0.2) is 0 Å². The van der Waals surface area contributed by atoms with E-state index in [9.17, 15) is 8.42 Å². The number of nitrogens with zero attached hydrogens (tertiary/aromatic N) is 1. The molecule has 3 rings (SSSR count). The zero-order chi connectivity index (χ0) is 16.7. The Hall–Kier alpha value is -1.17. The summed E-state index contributed by atoms with van der Waals surface area (Å²) < 4.78 is 33.1. The van der Waals surface area contributed by atoms with Crippen LogP contribution in [-0.4, -0.2) is 38.0 Å². The van der Waals surface area contributed by atoms with Gasteiger partial charge < -0.3 is 4.74 Å². The van der Waals surface area contributed by atoms with Gasteiger partial charge in [-0.2, -0.15) is 4.31 Å². The van der Waals surface area contributed by atoms with Crippen LogP contribution in [0.2, 0.25) is 0 Å². The first-order chi connectivity index (χ1) is 10.8. The van der Waals surface area contributed by atoms with Crippen molar-refractivity contribution in [3.8, 4) is 0 Å². The van der Waals surface area contributed by atoms with E-state index < -0.39 is 10.0 Å². The summed E-state index contributed by atoms with van der Waals surface area (Å²) in [5.41, 5.74) is 2.08. The van der Waals surface area contributed by atoms with Gasteiger partial charge in [0.05, 0.1) is 17.1 Å². The lowest BCUT2D eigenvalue weighted by Gasteiger charge is -2.38. The average Bonchev–Trinajstić information content (AvgIpc) is 2.92. The predicted octanol–water partition coefficient (Wildman–Crippen LogP) is 3.13. The second-order valence-electron chi connectivity index (χ2n) is 6.96. The van der Waals surface area contributed by atoms with Crippen molar-refractivity contribution in [2.45, 2.75) is 43.6 Å². The minimum absolute atomic E-state index is 0.150. The number of rotatable bonds is 3. The van der Waals surface area contributed by atoms with Crippen LogP contribution in [-0.2, 0) is 14.8 Å². The number of hydrogen-bond donors (Lipinski definition) is 0. The van der Waals surface area contributed by atoms with Crippen LogP contribution in [0.15, 0.2) is 41.3 Å². The zero-order valence-electron chi connectivity index (χ0n) is 13.9. The van der Waals surface area contributed by atoms with E-state index in [1.807, 2.05) is 26.0 Å². The van der Waals surface area contributed by atoms with Crippen molar-refractivity contribution in [3.63, 3.8) is 0 Å². The van der Waals surface area contributed by atoms with Gasteiger partial charge in [-0.25, -0.2) is 8.42 Å². The highest BCUT2D eigenvalue weighted by Gasteiger charge is 2.44. The van der Waals surface area contributed by atoms with E-state index in [2.05, 4.69) is 6.58 Å². The Bertz CT molecular complexity index is 685. The third-order valence-electron chi connectivity index (χ3n) is 5.20. The highest BCUT2D eigenvalue weighted by molar-refractivity contribution is 7.89. The molecule has 1 aromatic rings. The number of ether oxygens (including phenoxy) is 1. The maximum absolute atomic E-state index is 12.7. The lowest BCUT2D eigenvalue weighted by Crippen LogP contribution is -2.46. The molecule has 1 spiro atoms. The Balaban J connectivity index is 1.69. The molecule has 2 fully saturated rings. The lowest BCUT2D eigenvalue weighted by atomic mass is 9.84. The molecule has 5 heteroatoms. The summed E-state index contributed by atoms with van der Waals surface area (Å²) in [7, 11) is -3.39. The van der Waals surface area contributed by atoms with Gasteiger partial charge in [0.2, 0.25) is 10.0 Å². The van der Waals surface area contributed by atoms with Crippen LogP contribution in [0.25, 0.3) is 0 Å². The van der Waals surface area contributed by atoms with Crippen LogP contribution in [0, 0.1) is 12.8 Å². The third kappa shape index (κ3) is 3.23. The highest BCUT2D eigenvalue weighted by atomic mass is 32.2. The van der Waals surface area contributed by atoms with Crippen molar-refractivity contribution in [1.82, 2.24) is 4.31 Å². The molecule has 1 aromatic carbocycles. The van der Waals surface area contributed by atoms with Crippen molar-refractivity contribution in [2.24, 2.45) is 5.92 Å². The van der Waals surface area contributed by atoms with Gasteiger partial charge in [-0.1, -0.05) is 29.8 Å². The second kappa shape index (κ2) is 6.04. The van der Waals surface area contributed by atoms with Crippen LogP contribution in [0.1, 0.15) is 31.7 Å². The Morgan fingerprint density at radius 3 is 2.39 bits per heavy atom. The second-order valence-corrected chi connectivity index (χ2v) is 8.90. The summed E-state index contributed by atoms with van der Waals surface area (Å²) in [6.07, 6.45) is 2.50. The molecule has 2 saturated heterocycles. The van der Waals surface area contributed by atoms with E-state index in [-0.39, 0.29) is 5.60 Å². The maximum Gasteiger partial charge on any atom is 0.243 e. The molecule has 1 atom stereocenters. The lowest BCUT2D eigenvalue weighted by molar-refractivity contribution is -0.0312. The fraction of sp³-hybridized carbons (Fsp3) is 0.556. The molecule has 1 unspecified atom stereocenters. The van der Waals surface area contributed by atoms with Gasteiger partial charge >= 0.3 is 0 Å². The molecule has 23 heavy (non-hydrogen) atoms. The van der Waals surface area contributed by atoms with Crippen LogP contribution in [0.4, 0.5) is 0 Å². The summed E-state index contributed by atoms with van der Waals surface area (Å²) in [6, 6.07) is 7.07. The molecule has 0 N–H and O–H groups in total. The first-order valence-electron chi connectivity index (χ1n) is 8.19. The number of hydrogen-bond acceptors (Lipinski definition) is 3. The molecule has 2 aliphatic rings. The van der Waals surface area contributed by atoms with Crippen LogP contribution < -0.4 is 0 Å². The van der Waals surface area contributed by atoms with Gasteiger partial charge in [0, 0.05) is 19.0 Å². The Morgan fingerprint density at radius 2 is 1.87 bits per heavy atom. The quantitative estimate of drug-likeness (QED) is 0.797. The van der Waals surface area contributed by atoms with E-state index in [4.69, 9.17) is 4.74 Å². The van der Waals surface area contributed by atoms with Crippen molar-refractivity contribution in [3.05, 3.63) is 42.0 Å². The molecule has 0 saturated carbocycles. The number of benzene rings is 1. The molecule has 0 amide bonds. The molecule has 2 aliphatic heterocycles. The van der Waals surface area contributed by atoms with Gasteiger partial charge in [0.1, 0.15) is 0 Å². The summed E-state index contributed by atoms with van der Waals surface area (Å²) >= 11 is 0. The molecular formula is C18H25NO3S. The van der Waals surface area contributed by atoms with E-state index >= 15 is 0 Å². The van der Waals surface area contributed by atoms with Crippen molar-refractivity contribution in [2.75, 3.05) is 19.7 Å². The summed E-state index contributed by atoms with van der Waals surface area (Å²) in [5, 5.41) is 0. The SMILES string of the molecule is C=C(C)C1COC2(CCN(S(=O)(=O)c3ccc(C)cc3)CC2)C1. The predicted molar refractivity (Wildman–Crippen MR) is 90.8 cm³/mol. The fourth-order valence-electron chi connectivity index (χ4n) is 3.50. The smallest absolute Gasteiger partial charge is 0.243 e. The Labute approximate surface area is 139 Å². The first kappa shape index (κ1) is 16.7.